The van der Waals surface area contributed by atoms with E-state index in [0.717, 1.165) is 18.7 Å². The van der Waals surface area contributed by atoms with Crippen LogP contribution >= 0.6 is 0 Å². The third kappa shape index (κ3) is 5.87. The summed E-state index contributed by atoms with van der Waals surface area (Å²) in [6, 6.07) is 1.91. The Kier molecular flexibility index (Phi) is 7.88. The summed E-state index contributed by atoms with van der Waals surface area (Å²) < 4.78 is 4.91. The van der Waals surface area contributed by atoms with E-state index in [-0.39, 0.29) is 5.89 Å². The van der Waals surface area contributed by atoms with Crippen LogP contribution in [-0.4, -0.2) is 10.1 Å². The first-order valence-corrected chi connectivity index (χ1v) is 7.55. The van der Waals surface area contributed by atoms with Crippen LogP contribution in [0.4, 0.5) is 0 Å². The summed E-state index contributed by atoms with van der Waals surface area (Å²) in [7, 11) is 0. The Morgan fingerprint density at radius 2 is 1.68 bits per heavy atom. The molecule has 0 spiro atoms. The highest BCUT2D eigenvalue weighted by molar-refractivity contribution is 5.06. The van der Waals surface area contributed by atoms with Gasteiger partial charge in [0.25, 0.3) is 0 Å². The van der Waals surface area contributed by atoms with Crippen LogP contribution in [0.25, 0.3) is 0 Å². The third-order valence-electron chi connectivity index (χ3n) is 3.46. The molecule has 0 aliphatic heterocycles. The van der Waals surface area contributed by atoms with Crippen LogP contribution in [0, 0.1) is 11.3 Å². The lowest BCUT2D eigenvalue weighted by atomic mass is 9.94. The molecule has 4 heteroatoms. The SMILES string of the molecule is CCCCCCC(CCCCC)c1noc(C#N)n1. The lowest BCUT2D eigenvalue weighted by molar-refractivity contribution is 0.386. The van der Waals surface area contributed by atoms with Gasteiger partial charge >= 0.3 is 5.89 Å². The first-order valence-electron chi connectivity index (χ1n) is 7.55. The summed E-state index contributed by atoms with van der Waals surface area (Å²) in [6.45, 7) is 4.43. The van der Waals surface area contributed by atoms with E-state index in [1.807, 2.05) is 6.07 Å². The molecule has 1 aromatic heterocycles. The van der Waals surface area contributed by atoms with Crippen LogP contribution in [0.5, 0.6) is 0 Å². The second-order valence-electron chi connectivity index (χ2n) is 5.11. The lowest BCUT2D eigenvalue weighted by Crippen LogP contribution is -2.02. The molecule has 0 radical (unpaired) electrons. The fourth-order valence-electron chi connectivity index (χ4n) is 2.31. The number of unbranched alkanes of at least 4 members (excludes halogenated alkanes) is 5. The molecule has 0 fully saturated rings. The number of aromatic nitrogens is 2. The van der Waals surface area contributed by atoms with Crippen molar-refractivity contribution in [2.75, 3.05) is 0 Å². The van der Waals surface area contributed by atoms with Gasteiger partial charge in [-0.15, -0.1) is 0 Å². The Hall–Kier alpha value is -1.37. The van der Waals surface area contributed by atoms with Crippen molar-refractivity contribution in [1.82, 2.24) is 10.1 Å². The molecule has 0 amide bonds. The van der Waals surface area contributed by atoms with Gasteiger partial charge < -0.3 is 4.52 Å². The van der Waals surface area contributed by atoms with Crippen molar-refractivity contribution >= 4 is 0 Å². The van der Waals surface area contributed by atoms with E-state index >= 15 is 0 Å². The number of rotatable bonds is 10. The van der Waals surface area contributed by atoms with E-state index in [0.29, 0.717) is 5.92 Å². The van der Waals surface area contributed by atoms with Crippen molar-refractivity contribution in [3.8, 4) is 6.07 Å². The molecule has 0 aromatic carbocycles. The highest BCUT2D eigenvalue weighted by atomic mass is 16.5. The fourth-order valence-corrected chi connectivity index (χ4v) is 2.31. The van der Waals surface area contributed by atoms with E-state index < -0.39 is 0 Å². The van der Waals surface area contributed by atoms with Gasteiger partial charge in [0.05, 0.1) is 0 Å². The summed E-state index contributed by atoms with van der Waals surface area (Å²) in [6.07, 6.45) is 10.9. The van der Waals surface area contributed by atoms with Gasteiger partial charge in [-0.25, -0.2) is 0 Å². The molecule has 0 saturated carbocycles. The van der Waals surface area contributed by atoms with Crippen molar-refractivity contribution in [3.63, 3.8) is 0 Å². The van der Waals surface area contributed by atoms with E-state index in [2.05, 4.69) is 24.0 Å². The summed E-state index contributed by atoms with van der Waals surface area (Å²) in [5, 5.41) is 12.7. The number of nitriles is 1. The molecule has 19 heavy (non-hydrogen) atoms. The Morgan fingerprint density at radius 1 is 1.05 bits per heavy atom. The minimum Gasteiger partial charge on any atom is -0.323 e. The average Bonchev–Trinajstić information content (AvgIpc) is 2.90. The maximum absolute atomic E-state index is 8.75. The summed E-state index contributed by atoms with van der Waals surface area (Å²) in [5.74, 6) is 1.17. The molecule has 4 nitrogen and oxygen atoms in total. The maximum atomic E-state index is 8.75. The first kappa shape index (κ1) is 15.7. The van der Waals surface area contributed by atoms with Crippen molar-refractivity contribution in [3.05, 3.63) is 11.7 Å². The molecule has 1 aromatic rings. The highest BCUT2D eigenvalue weighted by Crippen LogP contribution is 2.26. The first-order chi connectivity index (χ1) is 9.31. The van der Waals surface area contributed by atoms with E-state index in [9.17, 15) is 0 Å². The van der Waals surface area contributed by atoms with Crippen LogP contribution in [0.3, 0.4) is 0 Å². The molecule has 1 atom stereocenters. The second kappa shape index (κ2) is 9.55. The average molecular weight is 263 g/mol. The number of hydrogen-bond acceptors (Lipinski definition) is 4. The predicted molar refractivity (Wildman–Crippen MR) is 74.7 cm³/mol. The van der Waals surface area contributed by atoms with Crippen LogP contribution in [-0.2, 0) is 0 Å². The van der Waals surface area contributed by atoms with Gasteiger partial charge in [0.15, 0.2) is 11.9 Å². The molecule has 1 unspecified atom stereocenters. The molecule has 0 N–H and O–H groups in total. The maximum Gasteiger partial charge on any atom is 0.329 e. The molecular formula is C15H25N3O. The van der Waals surface area contributed by atoms with Gasteiger partial charge in [-0.3, -0.25) is 0 Å². The molecule has 0 aliphatic carbocycles. The van der Waals surface area contributed by atoms with Gasteiger partial charge in [0.2, 0.25) is 0 Å². The molecule has 0 aliphatic rings. The standard InChI is InChI=1S/C15H25N3O/c1-3-5-7-9-11-13(10-8-6-4-2)15-17-14(12-16)19-18-15/h13H,3-11H2,1-2H3. The van der Waals surface area contributed by atoms with Crippen molar-refractivity contribution in [2.24, 2.45) is 0 Å². The third-order valence-corrected chi connectivity index (χ3v) is 3.46. The van der Waals surface area contributed by atoms with E-state index in [1.54, 1.807) is 0 Å². The van der Waals surface area contributed by atoms with E-state index in [4.69, 9.17) is 9.78 Å². The Bertz CT molecular complexity index is 381. The predicted octanol–water partition coefficient (Wildman–Crippen LogP) is 4.58. The number of hydrogen-bond donors (Lipinski definition) is 0. The molecule has 0 saturated heterocycles. The van der Waals surface area contributed by atoms with Crippen molar-refractivity contribution in [1.29, 1.82) is 5.26 Å². The van der Waals surface area contributed by atoms with Crippen LogP contribution in [0.2, 0.25) is 0 Å². The fraction of sp³-hybridized carbons (Fsp3) is 0.800. The van der Waals surface area contributed by atoms with Crippen LogP contribution in [0.15, 0.2) is 4.52 Å². The zero-order valence-corrected chi connectivity index (χ0v) is 12.2. The van der Waals surface area contributed by atoms with Crippen LogP contribution in [0.1, 0.15) is 89.3 Å². The summed E-state index contributed by atoms with van der Waals surface area (Å²) in [4.78, 5) is 4.17. The quantitative estimate of drug-likeness (QED) is 0.580. The normalized spacial score (nSPS) is 12.3. The van der Waals surface area contributed by atoms with Crippen LogP contribution < -0.4 is 0 Å². The largest absolute Gasteiger partial charge is 0.329 e. The minimum atomic E-state index is 0.0871. The summed E-state index contributed by atoms with van der Waals surface area (Å²) in [5.41, 5.74) is 0. The van der Waals surface area contributed by atoms with Gasteiger partial charge in [-0.1, -0.05) is 63.9 Å². The highest BCUT2D eigenvalue weighted by Gasteiger charge is 2.17. The lowest BCUT2D eigenvalue weighted by Gasteiger charge is -2.12. The van der Waals surface area contributed by atoms with Gasteiger partial charge in [-0.05, 0) is 12.8 Å². The zero-order chi connectivity index (χ0) is 13.9. The Labute approximate surface area is 116 Å². The molecule has 106 valence electrons. The van der Waals surface area contributed by atoms with Gasteiger partial charge in [0, 0.05) is 5.92 Å². The number of nitrogens with zero attached hydrogens (tertiary/aromatic N) is 3. The smallest absolute Gasteiger partial charge is 0.323 e. The van der Waals surface area contributed by atoms with Crippen molar-refractivity contribution in [2.45, 2.75) is 77.6 Å². The van der Waals surface area contributed by atoms with E-state index in [1.165, 1.54) is 44.9 Å². The van der Waals surface area contributed by atoms with Gasteiger partial charge in [-0.2, -0.15) is 10.2 Å². The molecule has 1 rings (SSSR count). The zero-order valence-electron chi connectivity index (χ0n) is 12.2. The Morgan fingerprint density at radius 3 is 2.26 bits per heavy atom. The summed E-state index contributed by atoms with van der Waals surface area (Å²) >= 11 is 0. The molecule has 1 heterocycles. The molecule has 0 bridgehead atoms. The molecular weight excluding hydrogens is 238 g/mol. The van der Waals surface area contributed by atoms with Gasteiger partial charge in [0.1, 0.15) is 0 Å². The minimum absolute atomic E-state index is 0.0871. The Balaban J connectivity index is 2.50. The van der Waals surface area contributed by atoms with Crippen molar-refractivity contribution < 1.29 is 4.52 Å². The monoisotopic (exact) mass is 263 g/mol. The topological polar surface area (TPSA) is 62.7 Å². The second-order valence-corrected chi connectivity index (χ2v) is 5.11.